The fourth-order valence-electron chi connectivity index (χ4n) is 1.91. The van der Waals surface area contributed by atoms with Gasteiger partial charge in [0.15, 0.2) is 0 Å². The third-order valence-corrected chi connectivity index (χ3v) is 2.93. The second kappa shape index (κ2) is 7.71. The molecule has 2 N–H and O–H groups in total. The molecule has 4 heteroatoms. The van der Waals surface area contributed by atoms with Crippen LogP contribution in [0.3, 0.4) is 0 Å². The first-order valence-electron chi connectivity index (χ1n) is 6.91. The maximum atomic E-state index is 4.55. The van der Waals surface area contributed by atoms with Crippen molar-refractivity contribution < 1.29 is 0 Å². The van der Waals surface area contributed by atoms with Crippen molar-refractivity contribution in [1.29, 1.82) is 0 Å². The molecule has 0 amide bonds. The van der Waals surface area contributed by atoms with Gasteiger partial charge in [0, 0.05) is 12.7 Å². The second-order valence-corrected chi connectivity index (χ2v) is 4.47. The van der Waals surface area contributed by atoms with E-state index in [0.29, 0.717) is 0 Å². The first kappa shape index (κ1) is 13.8. The van der Waals surface area contributed by atoms with Crippen LogP contribution in [0.5, 0.6) is 0 Å². The van der Waals surface area contributed by atoms with Gasteiger partial charge in [0.05, 0.1) is 11.4 Å². The predicted octanol–water partition coefficient (Wildman–Crippen LogP) is 1.96. The van der Waals surface area contributed by atoms with Gasteiger partial charge in [-0.3, -0.25) is 0 Å². The number of nitrogens with one attached hydrogen (secondary N) is 2. The van der Waals surface area contributed by atoms with Crippen molar-refractivity contribution in [2.45, 2.75) is 19.9 Å². The minimum atomic E-state index is 0.825. The summed E-state index contributed by atoms with van der Waals surface area (Å²) in [5, 5.41) is 11.3. The highest BCUT2D eigenvalue weighted by molar-refractivity contribution is 5.30. The van der Waals surface area contributed by atoms with Crippen LogP contribution in [0.25, 0.3) is 5.69 Å². The molecule has 1 aromatic carbocycles. The molecule has 0 saturated heterocycles. The van der Waals surface area contributed by atoms with Gasteiger partial charge >= 0.3 is 0 Å². The number of aromatic nitrogens is 2. The Hall–Kier alpha value is -1.65. The lowest BCUT2D eigenvalue weighted by atomic mass is 10.3. The van der Waals surface area contributed by atoms with E-state index in [4.69, 9.17) is 0 Å². The topological polar surface area (TPSA) is 41.9 Å². The van der Waals surface area contributed by atoms with Crippen molar-refractivity contribution in [1.82, 2.24) is 20.4 Å². The van der Waals surface area contributed by atoms with Gasteiger partial charge in [-0.15, -0.1) is 0 Å². The van der Waals surface area contributed by atoms with Gasteiger partial charge in [0.25, 0.3) is 0 Å². The monoisotopic (exact) mass is 258 g/mol. The lowest BCUT2D eigenvalue weighted by molar-refractivity contribution is 0.599. The highest BCUT2D eigenvalue weighted by Crippen LogP contribution is 2.06. The molecule has 0 spiro atoms. The lowest BCUT2D eigenvalue weighted by Gasteiger charge is -2.03. The third-order valence-electron chi connectivity index (χ3n) is 2.93. The van der Waals surface area contributed by atoms with Crippen molar-refractivity contribution in [3.05, 3.63) is 48.3 Å². The van der Waals surface area contributed by atoms with Crippen LogP contribution in [0.2, 0.25) is 0 Å². The molecule has 2 aromatic rings. The minimum Gasteiger partial charge on any atom is -0.317 e. The average Bonchev–Trinajstić information content (AvgIpc) is 2.92. The van der Waals surface area contributed by atoms with Gasteiger partial charge in [0.1, 0.15) is 0 Å². The number of hydrogen-bond donors (Lipinski definition) is 2. The molecule has 1 aromatic heterocycles. The van der Waals surface area contributed by atoms with E-state index in [1.807, 2.05) is 29.1 Å². The summed E-state index contributed by atoms with van der Waals surface area (Å²) in [6, 6.07) is 12.2. The van der Waals surface area contributed by atoms with E-state index >= 15 is 0 Å². The molecule has 0 unspecified atom stereocenters. The Balaban J connectivity index is 1.75. The molecule has 0 aliphatic carbocycles. The molecular formula is C15H22N4. The minimum absolute atomic E-state index is 0.825. The first-order chi connectivity index (χ1) is 9.40. The summed E-state index contributed by atoms with van der Waals surface area (Å²) in [6.07, 6.45) is 3.15. The molecule has 0 aliphatic heterocycles. The van der Waals surface area contributed by atoms with Crippen LogP contribution >= 0.6 is 0 Å². The zero-order valence-corrected chi connectivity index (χ0v) is 11.5. The van der Waals surface area contributed by atoms with Crippen LogP contribution in [0.1, 0.15) is 19.0 Å². The molecule has 0 aliphatic rings. The van der Waals surface area contributed by atoms with Crippen LogP contribution in [0.4, 0.5) is 0 Å². The van der Waals surface area contributed by atoms with E-state index < -0.39 is 0 Å². The Kier molecular flexibility index (Phi) is 5.59. The highest BCUT2D eigenvalue weighted by Gasteiger charge is 2.00. The molecule has 102 valence electrons. The Bertz CT molecular complexity index is 464. The molecule has 0 atom stereocenters. The summed E-state index contributed by atoms with van der Waals surface area (Å²) in [5.74, 6) is 0. The average molecular weight is 258 g/mol. The number of para-hydroxylation sites is 1. The predicted molar refractivity (Wildman–Crippen MR) is 78.4 cm³/mol. The molecule has 1 heterocycles. The zero-order chi connectivity index (χ0) is 13.3. The first-order valence-corrected chi connectivity index (χ1v) is 6.91. The normalized spacial score (nSPS) is 10.8. The Labute approximate surface area is 114 Å². The summed E-state index contributed by atoms with van der Waals surface area (Å²) in [4.78, 5) is 0. The molecular weight excluding hydrogens is 236 g/mol. The largest absolute Gasteiger partial charge is 0.317 e. The fraction of sp³-hybridized carbons (Fsp3) is 0.400. The zero-order valence-electron chi connectivity index (χ0n) is 11.5. The van der Waals surface area contributed by atoms with Gasteiger partial charge in [-0.1, -0.05) is 25.1 Å². The van der Waals surface area contributed by atoms with Gasteiger partial charge in [0.2, 0.25) is 0 Å². The van der Waals surface area contributed by atoms with Crippen molar-refractivity contribution in [2.24, 2.45) is 0 Å². The maximum absolute atomic E-state index is 4.55. The summed E-state index contributed by atoms with van der Waals surface area (Å²) in [7, 11) is 0. The van der Waals surface area contributed by atoms with Gasteiger partial charge in [-0.2, -0.15) is 5.10 Å². The Morgan fingerprint density at radius 1 is 1.05 bits per heavy atom. The van der Waals surface area contributed by atoms with E-state index in [9.17, 15) is 0 Å². The van der Waals surface area contributed by atoms with E-state index in [1.54, 1.807) is 0 Å². The van der Waals surface area contributed by atoms with Gasteiger partial charge < -0.3 is 10.6 Å². The van der Waals surface area contributed by atoms with Crippen LogP contribution < -0.4 is 10.6 Å². The standard InChI is InChI=1S/C15H22N4/c1-2-16-10-6-11-17-13-14-9-12-19(18-14)15-7-4-3-5-8-15/h3-5,7-9,12,16-17H,2,6,10-11,13H2,1H3. The Morgan fingerprint density at radius 3 is 2.63 bits per heavy atom. The number of hydrogen-bond acceptors (Lipinski definition) is 3. The van der Waals surface area contributed by atoms with Crippen molar-refractivity contribution in [3.8, 4) is 5.69 Å². The van der Waals surface area contributed by atoms with Crippen LogP contribution in [0.15, 0.2) is 42.6 Å². The molecule has 4 nitrogen and oxygen atoms in total. The van der Waals surface area contributed by atoms with Crippen LogP contribution in [-0.4, -0.2) is 29.4 Å². The number of nitrogens with zero attached hydrogens (tertiary/aromatic N) is 2. The smallest absolute Gasteiger partial charge is 0.0766 e. The van der Waals surface area contributed by atoms with Crippen LogP contribution in [0, 0.1) is 0 Å². The van der Waals surface area contributed by atoms with Gasteiger partial charge in [-0.05, 0) is 44.3 Å². The molecule has 19 heavy (non-hydrogen) atoms. The van der Waals surface area contributed by atoms with E-state index in [1.165, 1.54) is 0 Å². The fourth-order valence-corrected chi connectivity index (χ4v) is 1.91. The molecule has 0 radical (unpaired) electrons. The molecule has 0 bridgehead atoms. The van der Waals surface area contributed by atoms with E-state index in [-0.39, 0.29) is 0 Å². The summed E-state index contributed by atoms with van der Waals surface area (Å²) < 4.78 is 1.91. The Morgan fingerprint density at radius 2 is 1.84 bits per heavy atom. The van der Waals surface area contributed by atoms with Crippen molar-refractivity contribution in [2.75, 3.05) is 19.6 Å². The van der Waals surface area contributed by atoms with E-state index in [0.717, 1.165) is 44.0 Å². The molecule has 0 saturated carbocycles. The quantitative estimate of drug-likeness (QED) is 0.711. The number of rotatable bonds is 8. The third kappa shape index (κ3) is 4.50. The molecule has 2 rings (SSSR count). The summed E-state index contributed by atoms with van der Waals surface area (Å²) in [6.45, 7) is 6.09. The SMILES string of the molecule is CCNCCCNCc1ccn(-c2ccccc2)n1. The summed E-state index contributed by atoms with van der Waals surface area (Å²) >= 11 is 0. The van der Waals surface area contributed by atoms with E-state index in [2.05, 4.69) is 40.9 Å². The maximum Gasteiger partial charge on any atom is 0.0766 e. The van der Waals surface area contributed by atoms with Crippen molar-refractivity contribution >= 4 is 0 Å². The lowest BCUT2D eigenvalue weighted by Crippen LogP contribution is -2.21. The van der Waals surface area contributed by atoms with Crippen LogP contribution in [-0.2, 0) is 6.54 Å². The highest BCUT2D eigenvalue weighted by atomic mass is 15.3. The van der Waals surface area contributed by atoms with Crippen molar-refractivity contribution in [3.63, 3.8) is 0 Å². The summed E-state index contributed by atoms with van der Waals surface area (Å²) in [5.41, 5.74) is 2.17. The molecule has 0 fully saturated rings. The number of benzene rings is 1. The second-order valence-electron chi connectivity index (χ2n) is 4.47. The van der Waals surface area contributed by atoms with Gasteiger partial charge in [-0.25, -0.2) is 4.68 Å².